The second kappa shape index (κ2) is 2.71. The SMILES string of the molecule is CCC1=C[C]=CC[C]1. The third-order valence-corrected chi connectivity index (χ3v) is 1.19. The van der Waals surface area contributed by atoms with Crippen LogP contribution in [0.5, 0.6) is 0 Å². The van der Waals surface area contributed by atoms with Gasteiger partial charge in [-0.3, -0.25) is 0 Å². The minimum atomic E-state index is 0.944. The Kier molecular flexibility index (Phi) is 1.90. The summed E-state index contributed by atoms with van der Waals surface area (Å²) in [5.41, 5.74) is 1.28. The van der Waals surface area contributed by atoms with Gasteiger partial charge in [0.15, 0.2) is 0 Å². The van der Waals surface area contributed by atoms with Crippen molar-refractivity contribution in [1.82, 2.24) is 0 Å². The van der Waals surface area contributed by atoms with Crippen molar-refractivity contribution < 1.29 is 0 Å². The fourth-order valence-electron chi connectivity index (χ4n) is 0.679. The van der Waals surface area contributed by atoms with Gasteiger partial charge in [0.1, 0.15) is 0 Å². The molecule has 0 amide bonds. The number of allylic oxidation sites excluding steroid dienone is 4. The van der Waals surface area contributed by atoms with E-state index in [0.29, 0.717) is 0 Å². The Labute approximate surface area is 50.9 Å². The lowest BCUT2D eigenvalue weighted by molar-refractivity contribution is 1.04. The van der Waals surface area contributed by atoms with Crippen LogP contribution in [0, 0.1) is 12.5 Å². The van der Waals surface area contributed by atoms with E-state index in [9.17, 15) is 0 Å². The molecule has 0 nitrogen and oxygen atoms in total. The van der Waals surface area contributed by atoms with E-state index < -0.39 is 0 Å². The van der Waals surface area contributed by atoms with Crippen LogP contribution in [0.15, 0.2) is 17.7 Å². The third-order valence-electron chi connectivity index (χ3n) is 1.19. The molecule has 8 heavy (non-hydrogen) atoms. The lowest BCUT2D eigenvalue weighted by Crippen LogP contribution is -1.84. The second-order valence-corrected chi connectivity index (χ2v) is 1.77. The molecule has 1 rings (SSSR count). The maximum atomic E-state index is 3.21. The molecule has 0 saturated heterocycles. The van der Waals surface area contributed by atoms with Gasteiger partial charge in [0.05, 0.1) is 0 Å². The van der Waals surface area contributed by atoms with Gasteiger partial charge < -0.3 is 0 Å². The van der Waals surface area contributed by atoms with Crippen molar-refractivity contribution in [3.63, 3.8) is 0 Å². The van der Waals surface area contributed by atoms with Crippen molar-refractivity contribution in [3.8, 4) is 0 Å². The van der Waals surface area contributed by atoms with Crippen molar-refractivity contribution in [3.05, 3.63) is 30.2 Å². The Morgan fingerprint density at radius 3 is 3.00 bits per heavy atom. The monoisotopic (exact) mass is 105 g/mol. The number of hydrogen-bond acceptors (Lipinski definition) is 0. The van der Waals surface area contributed by atoms with Gasteiger partial charge >= 0.3 is 0 Å². The summed E-state index contributed by atoms with van der Waals surface area (Å²) in [7, 11) is 0. The molecule has 3 radical (unpaired) electrons. The zero-order chi connectivity index (χ0) is 5.82. The lowest BCUT2D eigenvalue weighted by Gasteiger charge is -2.01. The molecule has 0 unspecified atom stereocenters. The van der Waals surface area contributed by atoms with E-state index in [1.807, 2.05) is 12.2 Å². The van der Waals surface area contributed by atoms with Crippen molar-refractivity contribution in [2.24, 2.45) is 0 Å². The van der Waals surface area contributed by atoms with E-state index in [2.05, 4.69) is 19.4 Å². The Bertz CT molecular complexity index is 118. The highest BCUT2D eigenvalue weighted by Gasteiger charge is 1.95. The Morgan fingerprint density at radius 2 is 2.62 bits per heavy atom. The predicted octanol–water partition coefficient (Wildman–Crippen LogP) is 2.17. The molecule has 0 heteroatoms. The molecule has 0 fully saturated rings. The average Bonchev–Trinajstić information content (AvgIpc) is 1.90. The average molecular weight is 105 g/mol. The molecule has 0 N–H and O–H groups in total. The molecule has 0 heterocycles. The zero-order valence-corrected chi connectivity index (χ0v) is 5.07. The van der Waals surface area contributed by atoms with Crippen LogP contribution >= 0.6 is 0 Å². The maximum absolute atomic E-state index is 3.21. The lowest BCUT2D eigenvalue weighted by atomic mass is 10.0. The van der Waals surface area contributed by atoms with Gasteiger partial charge in [-0.15, -0.1) is 0 Å². The van der Waals surface area contributed by atoms with Crippen LogP contribution < -0.4 is 0 Å². The van der Waals surface area contributed by atoms with Crippen LogP contribution in [0.25, 0.3) is 0 Å². The first kappa shape index (κ1) is 5.61. The van der Waals surface area contributed by atoms with Gasteiger partial charge in [0.25, 0.3) is 0 Å². The quantitative estimate of drug-likeness (QED) is 0.479. The topological polar surface area (TPSA) is 0 Å². The number of hydrogen-bond donors (Lipinski definition) is 0. The molecule has 0 aromatic rings. The summed E-state index contributed by atoms with van der Waals surface area (Å²) in [6.07, 6.45) is 12.3. The molecule has 1 aliphatic carbocycles. The highest BCUT2D eigenvalue weighted by molar-refractivity contribution is 5.21. The molecule has 0 saturated carbocycles. The van der Waals surface area contributed by atoms with E-state index in [-0.39, 0.29) is 0 Å². The summed E-state index contributed by atoms with van der Waals surface area (Å²) < 4.78 is 0. The summed E-state index contributed by atoms with van der Waals surface area (Å²) >= 11 is 0. The van der Waals surface area contributed by atoms with E-state index in [0.717, 1.165) is 12.8 Å². The standard InChI is InChI=1S/C8H9/c1-2-8-6-4-3-5-7-8/h3,7H,2,4H2,1H3. The van der Waals surface area contributed by atoms with Crippen molar-refractivity contribution in [2.45, 2.75) is 19.8 Å². The molecule has 0 aromatic carbocycles. The summed E-state index contributed by atoms with van der Waals surface area (Å²) in [4.78, 5) is 0. The van der Waals surface area contributed by atoms with Gasteiger partial charge in [-0.2, -0.15) is 0 Å². The van der Waals surface area contributed by atoms with Crippen molar-refractivity contribution >= 4 is 0 Å². The van der Waals surface area contributed by atoms with Crippen molar-refractivity contribution in [2.75, 3.05) is 0 Å². The molecular weight excluding hydrogens is 96.1 g/mol. The smallest absolute Gasteiger partial charge is 0.0161 e. The number of rotatable bonds is 1. The van der Waals surface area contributed by atoms with E-state index in [1.165, 1.54) is 5.57 Å². The van der Waals surface area contributed by atoms with Crippen LogP contribution in [0.3, 0.4) is 0 Å². The zero-order valence-electron chi connectivity index (χ0n) is 5.07. The predicted molar refractivity (Wildman–Crippen MR) is 34.0 cm³/mol. The molecule has 0 aromatic heterocycles. The molecule has 41 valence electrons. The first-order valence-corrected chi connectivity index (χ1v) is 2.94. The summed E-state index contributed by atoms with van der Waals surface area (Å²) in [6, 6.07) is 0. The van der Waals surface area contributed by atoms with E-state index in [1.54, 1.807) is 0 Å². The Hall–Kier alpha value is -0.520. The van der Waals surface area contributed by atoms with Crippen LogP contribution in [0.2, 0.25) is 0 Å². The first-order valence-electron chi connectivity index (χ1n) is 2.94. The molecule has 0 atom stereocenters. The van der Waals surface area contributed by atoms with Gasteiger partial charge in [-0.05, 0) is 18.9 Å². The van der Waals surface area contributed by atoms with Crippen LogP contribution in [-0.2, 0) is 0 Å². The molecule has 0 bridgehead atoms. The fourth-order valence-corrected chi connectivity index (χ4v) is 0.679. The Balaban J connectivity index is 2.50. The van der Waals surface area contributed by atoms with Gasteiger partial charge in [0.2, 0.25) is 0 Å². The minimum absolute atomic E-state index is 0.944. The Morgan fingerprint density at radius 1 is 1.75 bits per heavy atom. The molecule has 1 aliphatic rings. The minimum Gasteiger partial charge on any atom is -0.0757 e. The largest absolute Gasteiger partial charge is 0.0757 e. The first-order chi connectivity index (χ1) is 3.93. The van der Waals surface area contributed by atoms with Gasteiger partial charge in [0, 0.05) is 6.42 Å². The summed E-state index contributed by atoms with van der Waals surface area (Å²) in [5, 5.41) is 0. The van der Waals surface area contributed by atoms with Crippen LogP contribution in [0.4, 0.5) is 0 Å². The molecule has 0 aliphatic heterocycles. The van der Waals surface area contributed by atoms with Gasteiger partial charge in [-0.1, -0.05) is 24.6 Å². The maximum Gasteiger partial charge on any atom is 0.0161 e. The van der Waals surface area contributed by atoms with Crippen molar-refractivity contribution in [1.29, 1.82) is 0 Å². The third kappa shape index (κ3) is 1.22. The van der Waals surface area contributed by atoms with Crippen LogP contribution in [-0.4, -0.2) is 0 Å². The summed E-state index contributed by atoms with van der Waals surface area (Å²) in [5.74, 6) is 0. The van der Waals surface area contributed by atoms with Crippen LogP contribution in [0.1, 0.15) is 19.8 Å². The highest BCUT2D eigenvalue weighted by Crippen LogP contribution is 2.11. The van der Waals surface area contributed by atoms with E-state index >= 15 is 0 Å². The normalized spacial score (nSPS) is 18.4. The molecule has 0 spiro atoms. The van der Waals surface area contributed by atoms with E-state index in [4.69, 9.17) is 0 Å². The second-order valence-electron chi connectivity index (χ2n) is 1.77. The fraction of sp³-hybridized carbons (Fsp3) is 0.375. The highest BCUT2D eigenvalue weighted by atomic mass is 14.0. The summed E-state index contributed by atoms with van der Waals surface area (Å²) in [6.45, 7) is 2.13. The van der Waals surface area contributed by atoms with Gasteiger partial charge in [-0.25, -0.2) is 0 Å². The molecular formula is C8H9.